The van der Waals surface area contributed by atoms with Crippen LogP contribution in [0.2, 0.25) is 0 Å². The van der Waals surface area contributed by atoms with Crippen molar-refractivity contribution in [1.29, 1.82) is 0 Å². The Bertz CT molecular complexity index is 434. The van der Waals surface area contributed by atoms with Crippen LogP contribution >= 0.6 is 15.9 Å². The molecule has 3 heterocycles. The molecule has 0 N–H and O–H groups in total. The van der Waals surface area contributed by atoms with Crippen LogP contribution in [0.4, 0.5) is 0 Å². The molecule has 0 amide bonds. The Morgan fingerprint density at radius 2 is 2.00 bits per heavy atom. The number of rotatable bonds is 3. The van der Waals surface area contributed by atoms with Crippen molar-refractivity contribution in [3.63, 3.8) is 0 Å². The molecule has 2 unspecified atom stereocenters. The molecule has 2 aliphatic heterocycles. The molecule has 2 fully saturated rings. The van der Waals surface area contributed by atoms with Crippen molar-refractivity contribution in [1.82, 2.24) is 14.7 Å². The molecular formula is C13H20BrN3O. The number of hydrogen-bond acceptors (Lipinski definition) is 3. The van der Waals surface area contributed by atoms with Crippen LogP contribution in [0.15, 0.2) is 4.47 Å². The average molecular weight is 314 g/mol. The zero-order chi connectivity index (χ0) is 12.7. The van der Waals surface area contributed by atoms with Crippen LogP contribution < -0.4 is 0 Å². The molecule has 2 bridgehead atoms. The Morgan fingerprint density at radius 3 is 2.56 bits per heavy atom. The maximum atomic E-state index is 5.88. The number of nitrogens with zero attached hydrogens (tertiary/aromatic N) is 3. The Hall–Kier alpha value is -0.390. The summed E-state index contributed by atoms with van der Waals surface area (Å²) < 4.78 is 9.08. The average Bonchev–Trinajstić information content (AvgIpc) is 2.83. The predicted octanol–water partition coefficient (Wildman–Crippen LogP) is 2.11. The molecule has 2 atom stereocenters. The standard InChI is InChI=1S/C13H20BrN3O/c1-3-11-13(14)12(16(2)15-11)8-17-6-9-4-5-10(7-17)18-9/h9-10H,3-8H2,1-2H3. The Morgan fingerprint density at radius 1 is 1.33 bits per heavy atom. The summed E-state index contributed by atoms with van der Waals surface area (Å²) in [5, 5.41) is 4.56. The highest BCUT2D eigenvalue weighted by Crippen LogP contribution is 2.29. The number of aromatic nitrogens is 2. The molecule has 1 aromatic rings. The maximum Gasteiger partial charge on any atom is 0.0767 e. The van der Waals surface area contributed by atoms with Gasteiger partial charge < -0.3 is 4.74 Å². The summed E-state index contributed by atoms with van der Waals surface area (Å²) in [7, 11) is 2.04. The van der Waals surface area contributed by atoms with Crippen molar-refractivity contribution >= 4 is 15.9 Å². The lowest BCUT2D eigenvalue weighted by Crippen LogP contribution is -2.42. The van der Waals surface area contributed by atoms with Crippen LogP contribution in [0, 0.1) is 0 Å². The third-order valence-corrected chi connectivity index (χ3v) is 4.91. The van der Waals surface area contributed by atoms with E-state index in [1.807, 2.05) is 11.7 Å². The Labute approximate surface area is 116 Å². The van der Waals surface area contributed by atoms with E-state index in [0.717, 1.165) is 31.7 Å². The zero-order valence-electron chi connectivity index (χ0n) is 11.0. The Balaban J connectivity index is 1.74. The number of morpholine rings is 1. The lowest BCUT2D eigenvalue weighted by atomic mass is 10.2. The topological polar surface area (TPSA) is 30.3 Å². The van der Waals surface area contributed by atoms with E-state index >= 15 is 0 Å². The molecule has 0 spiro atoms. The van der Waals surface area contributed by atoms with Crippen LogP contribution in [0.5, 0.6) is 0 Å². The number of hydrogen-bond donors (Lipinski definition) is 0. The summed E-state index contributed by atoms with van der Waals surface area (Å²) in [5.74, 6) is 0. The summed E-state index contributed by atoms with van der Waals surface area (Å²) in [6.07, 6.45) is 4.35. The first-order valence-corrected chi connectivity index (χ1v) is 7.54. The minimum Gasteiger partial charge on any atom is -0.372 e. The van der Waals surface area contributed by atoms with Crippen molar-refractivity contribution in [3.05, 3.63) is 15.9 Å². The van der Waals surface area contributed by atoms with Gasteiger partial charge in [-0.3, -0.25) is 9.58 Å². The van der Waals surface area contributed by atoms with Crippen molar-refractivity contribution < 1.29 is 4.74 Å². The molecule has 100 valence electrons. The quantitative estimate of drug-likeness (QED) is 0.856. The summed E-state index contributed by atoms with van der Waals surface area (Å²) in [6.45, 7) is 5.25. The first-order valence-electron chi connectivity index (χ1n) is 6.75. The van der Waals surface area contributed by atoms with E-state index in [4.69, 9.17) is 4.74 Å². The number of ether oxygens (including phenoxy) is 1. The van der Waals surface area contributed by atoms with Crippen molar-refractivity contribution in [2.24, 2.45) is 7.05 Å². The monoisotopic (exact) mass is 313 g/mol. The van der Waals surface area contributed by atoms with Gasteiger partial charge in [-0.2, -0.15) is 5.10 Å². The molecular weight excluding hydrogens is 294 g/mol. The number of fused-ring (bicyclic) bond motifs is 2. The smallest absolute Gasteiger partial charge is 0.0767 e. The van der Waals surface area contributed by atoms with Crippen LogP contribution in [0.25, 0.3) is 0 Å². The fourth-order valence-corrected chi connectivity index (χ4v) is 3.77. The van der Waals surface area contributed by atoms with Gasteiger partial charge in [0.1, 0.15) is 0 Å². The second kappa shape index (κ2) is 4.94. The van der Waals surface area contributed by atoms with Gasteiger partial charge in [0.2, 0.25) is 0 Å². The zero-order valence-corrected chi connectivity index (χ0v) is 12.6. The molecule has 2 saturated heterocycles. The van der Waals surface area contributed by atoms with Crippen LogP contribution in [-0.2, 0) is 24.8 Å². The highest BCUT2D eigenvalue weighted by Gasteiger charge is 2.34. The second-order valence-corrected chi connectivity index (χ2v) is 6.13. The van der Waals surface area contributed by atoms with Crippen LogP contribution in [0.1, 0.15) is 31.2 Å². The van der Waals surface area contributed by atoms with E-state index in [1.165, 1.54) is 23.0 Å². The van der Waals surface area contributed by atoms with Gasteiger partial charge in [-0.05, 0) is 35.2 Å². The van der Waals surface area contributed by atoms with E-state index in [0.29, 0.717) is 12.2 Å². The molecule has 5 heteroatoms. The van der Waals surface area contributed by atoms with Gasteiger partial charge in [0.15, 0.2) is 0 Å². The number of likely N-dealkylation sites (tertiary alicyclic amines) is 1. The Kier molecular flexibility index (Phi) is 3.47. The van der Waals surface area contributed by atoms with E-state index in [9.17, 15) is 0 Å². The van der Waals surface area contributed by atoms with Crippen molar-refractivity contribution in [3.8, 4) is 0 Å². The second-order valence-electron chi connectivity index (χ2n) is 5.34. The fourth-order valence-electron chi connectivity index (χ4n) is 3.03. The molecule has 0 radical (unpaired) electrons. The third kappa shape index (κ3) is 2.24. The third-order valence-electron chi connectivity index (χ3n) is 4.00. The molecule has 18 heavy (non-hydrogen) atoms. The summed E-state index contributed by atoms with van der Waals surface area (Å²) in [5.41, 5.74) is 2.44. The van der Waals surface area contributed by atoms with E-state index in [1.54, 1.807) is 0 Å². The van der Waals surface area contributed by atoms with E-state index < -0.39 is 0 Å². The fraction of sp³-hybridized carbons (Fsp3) is 0.769. The van der Waals surface area contributed by atoms with Crippen molar-refractivity contribution in [2.75, 3.05) is 13.1 Å². The lowest BCUT2D eigenvalue weighted by molar-refractivity contribution is -0.0417. The molecule has 1 aromatic heterocycles. The van der Waals surface area contributed by atoms with Crippen LogP contribution in [-0.4, -0.2) is 40.0 Å². The van der Waals surface area contributed by atoms with Gasteiger partial charge >= 0.3 is 0 Å². The normalized spacial score (nSPS) is 27.9. The van der Waals surface area contributed by atoms with Gasteiger partial charge in [0.05, 0.1) is 28.1 Å². The largest absolute Gasteiger partial charge is 0.372 e. The number of halogens is 1. The minimum absolute atomic E-state index is 0.460. The minimum atomic E-state index is 0.460. The molecule has 0 aliphatic carbocycles. The summed E-state index contributed by atoms with van der Waals surface area (Å²) >= 11 is 3.69. The first-order chi connectivity index (χ1) is 8.67. The molecule has 0 saturated carbocycles. The van der Waals surface area contributed by atoms with E-state index in [-0.39, 0.29) is 0 Å². The summed E-state index contributed by atoms with van der Waals surface area (Å²) in [6, 6.07) is 0. The number of aryl methyl sites for hydroxylation is 2. The van der Waals surface area contributed by atoms with Gasteiger partial charge in [0, 0.05) is 26.7 Å². The molecule has 3 rings (SSSR count). The SMILES string of the molecule is CCc1nn(C)c(CN2CC3CCC(C2)O3)c1Br. The highest BCUT2D eigenvalue weighted by molar-refractivity contribution is 9.10. The van der Waals surface area contributed by atoms with Gasteiger partial charge in [0.25, 0.3) is 0 Å². The maximum absolute atomic E-state index is 5.88. The highest BCUT2D eigenvalue weighted by atomic mass is 79.9. The van der Waals surface area contributed by atoms with Gasteiger partial charge in [-0.15, -0.1) is 0 Å². The molecule has 4 nitrogen and oxygen atoms in total. The lowest BCUT2D eigenvalue weighted by Gasteiger charge is -2.32. The predicted molar refractivity (Wildman–Crippen MR) is 73.5 cm³/mol. The molecule has 0 aromatic carbocycles. The summed E-state index contributed by atoms with van der Waals surface area (Å²) in [4.78, 5) is 2.51. The van der Waals surface area contributed by atoms with Crippen LogP contribution in [0.3, 0.4) is 0 Å². The molecule has 2 aliphatic rings. The van der Waals surface area contributed by atoms with Crippen molar-refractivity contribution in [2.45, 2.75) is 44.9 Å². The van der Waals surface area contributed by atoms with E-state index in [2.05, 4.69) is 32.9 Å². The van der Waals surface area contributed by atoms with Gasteiger partial charge in [-0.25, -0.2) is 0 Å². The first kappa shape index (κ1) is 12.6. The van der Waals surface area contributed by atoms with Gasteiger partial charge in [-0.1, -0.05) is 6.92 Å².